The second-order valence-corrected chi connectivity index (χ2v) is 9.20. The average molecular weight is 450 g/mol. The van der Waals surface area contributed by atoms with Crippen molar-refractivity contribution in [1.82, 2.24) is 14.8 Å². The number of amides is 1. The number of carbonyl (C=O) groups excluding carboxylic acids is 1. The van der Waals surface area contributed by atoms with Crippen molar-refractivity contribution >= 4 is 17.3 Å². The van der Waals surface area contributed by atoms with E-state index in [0.29, 0.717) is 11.8 Å². The summed E-state index contributed by atoms with van der Waals surface area (Å²) >= 11 is 0. The number of carbonyl (C=O) groups is 1. The Morgan fingerprint density at radius 1 is 1.09 bits per heavy atom. The molecular weight excluding hydrogens is 414 g/mol. The van der Waals surface area contributed by atoms with Gasteiger partial charge in [-0.1, -0.05) is 23.4 Å². The molecule has 7 heteroatoms. The van der Waals surface area contributed by atoms with Crippen molar-refractivity contribution < 1.29 is 9.63 Å². The summed E-state index contributed by atoms with van der Waals surface area (Å²) in [6.45, 7) is 4.48. The molecule has 0 spiro atoms. The van der Waals surface area contributed by atoms with Crippen LogP contribution >= 0.6 is 0 Å². The monoisotopic (exact) mass is 449 g/mol. The summed E-state index contributed by atoms with van der Waals surface area (Å²) in [5.74, 6) is 0.982. The maximum absolute atomic E-state index is 13.2. The zero-order chi connectivity index (χ0) is 23.0. The van der Waals surface area contributed by atoms with E-state index >= 15 is 0 Å². The van der Waals surface area contributed by atoms with Crippen LogP contribution in [0.4, 0.5) is 5.69 Å². The van der Waals surface area contributed by atoms with E-state index in [1.54, 1.807) is 13.3 Å². The van der Waals surface area contributed by atoms with Gasteiger partial charge in [0.1, 0.15) is 12.8 Å². The summed E-state index contributed by atoms with van der Waals surface area (Å²) in [7, 11) is 1.57. The van der Waals surface area contributed by atoms with Gasteiger partial charge < -0.3 is 15.5 Å². The normalized spacial score (nSPS) is 18.9. The Kier molecular flexibility index (Phi) is 7.94. The van der Waals surface area contributed by atoms with Gasteiger partial charge in [-0.2, -0.15) is 0 Å². The number of anilines is 1. The van der Waals surface area contributed by atoms with Crippen molar-refractivity contribution in [3.63, 3.8) is 0 Å². The Morgan fingerprint density at radius 2 is 1.88 bits per heavy atom. The van der Waals surface area contributed by atoms with Crippen molar-refractivity contribution in [2.75, 3.05) is 39.0 Å². The van der Waals surface area contributed by atoms with Crippen LogP contribution in [-0.4, -0.2) is 59.7 Å². The summed E-state index contributed by atoms with van der Waals surface area (Å²) < 4.78 is 0. The Morgan fingerprint density at radius 3 is 2.55 bits per heavy atom. The van der Waals surface area contributed by atoms with Crippen molar-refractivity contribution in [3.8, 4) is 0 Å². The maximum Gasteiger partial charge on any atom is 0.225 e. The SMILES string of the molecule is CON=C(CC1CCN(C(=O)C2CCN(Cc3cccc(N)c3)CC2)CC1)c1ccccn1. The number of hydrogen-bond acceptors (Lipinski definition) is 6. The van der Waals surface area contributed by atoms with Gasteiger partial charge in [0, 0.05) is 37.4 Å². The van der Waals surface area contributed by atoms with Gasteiger partial charge in [-0.05, 0) is 80.9 Å². The summed E-state index contributed by atoms with van der Waals surface area (Å²) in [4.78, 5) is 27.2. The molecule has 2 fully saturated rings. The van der Waals surface area contributed by atoms with Crippen LogP contribution in [0.1, 0.15) is 43.4 Å². The number of hydrogen-bond donors (Lipinski definition) is 1. The highest BCUT2D eigenvalue weighted by Crippen LogP contribution is 2.27. The zero-order valence-corrected chi connectivity index (χ0v) is 19.5. The standard InChI is InChI=1S/C26H35N5O2/c1-33-29-25(24-7-2-3-12-28-24)18-20-8-15-31(16-9-20)26(32)22-10-13-30(14-11-22)19-21-5-4-6-23(27)17-21/h2-7,12,17,20,22H,8-11,13-16,18-19,27H2,1H3. The molecular formula is C26H35N5O2. The van der Waals surface area contributed by atoms with E-state index in [2.05, 4.69) is 26.0 Å². The topological polar surface area (TPSA) is 84.0 Å². The molecule has 1 aromatic carbocycles. The number of nitrogen functional groups attached to an aromatic ring is 1. The number of rotatable bonds is 7. The van der Waals surface area contributed by atoms with Gasteiger partial charge >= 0.3 is 0 Å². The van der Waals surface area contributed by atoms with Crippen LogP contribution in [0.25, 0.3) is 0 Å². The van der Waals surface area contributed by atoms with E-state index in [1.807, 2.05) is 36.4 Å². The van der Waals surface area contributed by atoms with Gasteiger partial charge in [-0.3, -0.25) is 14.7 Å². The highest BCUT2D eigenvalue weighted by atomic mass is 16.6. The fraction of sp³-hybridized carbons (Fsp3) is 0.500. The van der Waals surface area contributed by atoms with Crippen LogP contribution in [0.5, 0.6) is 0 Å². The van der Waals surface area contributed by atoms with E-state index in [1.165, 1.54) is 5.56 Å². The summed E-state index contributed by atoms with van der Waals surface area (Å²) in [5.41, 5.74) is 9.70. The third kappa shape index (κ3) is 6.32. The van der Waals surface area contributed by atoms with Crippen molar-refractivity contribution in [3.05, 3.63) is 59.9 Å². The Balaban J connectivity index is 1.23. The first-order valence-electron chi connectivity index (χ1n) is 12.0. The molecule has 4 rings (SSSR count). The molecule has 0 unspecified atom stereocenters. The minimum Gasteiger partial charge on any atom is -0.399 e. The van der Waals surface area contributed by atoms with Gasteiger partial charge in [0.25, 0.3) is 0 Å². The number of benzene rings is 1. The van der Waals surface area contributed by atoms with Crippen LogP contribution in [0.15, 0.2) is 53.8 Å². The third-order valence-corrected chi connectivity index (χ3v) is 6.86. The number of pyridine rings is 1. The molecule has 0 atom stereocenters. The lowest BCUT2D eigenvalue weighted by Crippen LogP contribution is -2.45. The van der Waals surface area contributed by atoms with E-state index in [9.17, 15) is 4.79 Å². The predicted octanol–water partition coefficient (Wildman–Crippen LogP) is 3.56. The number of likely N-dealkylation sites (tertiary alicyclic amines) is 2. The van der Waals surface area contributed by atoms with E-state index in [-0.39, 0.29) is 5.92 Å². The predicted molar refractivity (Wildman–Crippen MR) is 131 cm³/mol. The molecule has 2 N–H and O–H groups in total. The third-order valence-electron chi connectivity index (χ3n) is 6.86. The minimum atomic E-state index is 0.151. The highest BCUT2D eigenvalue weighted by molar-refractivity contribution is 5.98. The lowest BCUT2D eigenvalue weighted by atomic mass is 9.88. The lowest BCUT2D eigenvalue weighted by Gasteiger charge is -2.37. The molecule has 0 aliphatic carbocycles. The van der Waals surface area contributed by atoms with Gasteiger partial charge in [0.2, 0.25) is 5.91 Å². The van der Waals surface area contributed by atoms with Crippen molar-refractivity contribution in [1.29, 1.82) is 0 Å². The smallest absolute Gasteiger partial charge is 0.225 e. The number of oxime groups is 1. The first-order chi connectivity index (χ1) is 16.1. The van der Waals surface area contributed by atoms with Crippen LogP contribution in [0.3, 0.4) is 0 Å². The lowest BCUT2D eigenvalue weighted by molar-refractivity contribution is -0.138. The number of nitrogens with two attached hydrogens (primary N) is 1. The van der Waals surface area contributed by atoms with Gasteiger partial charge in [0.15, 0.2) is 0 Å². The van der Waals surface area contributed by atoms with Crippen LogP contribution in [0.2, 0.25) is 0 Å². The molecule has 2 aliphatic heterocycles. The summed E-state index contributed by atoms with van der Waals surface area (Å²) in [5, 5.41) is 4.22. The molecule has 0 bridgehead atoms. The average Bonchev–Trinajstić information content (AvgIpc) is 2.85. The first-order valence-corrected chi connectivity index (χ1v) is 12.0. The number of nitrogens with zero attached hydrogens (tertiary/aromatic N) is 4. The number of piperidine rings is 2. The van der Waals surface area contributed by atoms with E-state index < -0.39 is 0 Å². The molecule has 3 heterocycles. The summed E-state index contributed by atoms with van der Waals surface area (Å²) in [6, 6.07) is 13.9. The molecule has 2 saturated heterocycles. The van der Waals surface area contributed by atoms with Crippen molar-refractivity contribution in [2.45, 2.75) is 38.6 Å². The van der Waals surface area contributed by atoms with Gasteiger partial charge in [-0.25, -0.2) is 0 Å². The minimum absolute atomic E-state index is 0.151. The highest BCUT2D eigenvalue weighted by Gasteiger charge is 2.31. The second kappa shape index (κ2) is 11.3. The molecule has 0 saturated carbocycles. The Bertz CT molecular complexity index is 933. The van der Waals surface area contributed by atoms with Crippen LogP contribution < -0.4 is 5.73 Å². The zero-order valence-electron chi connectivity index (χ0n) is 19.5. The molecule has 1 amide bonds. The van der Waals surface area contributed by atoms with Crippen LogP contribution in [-0.2, 0) is 16.2 Å². The molecule has 1 aromatic heterocycles. The maximum atomic E-state index is 13.2. The van der Waals surface area contributed by atoms with Gasteiger partial charge in [-0.15, -0.1) is 0 Å². The molecule has 176 valence electrons. The fourth-order valence-corrected chi connectivity index (χ4v) is 5.01. The van der Waals surface area contributed by atoms with Gasteiger partial charge in [0.05, 0.1) is 5.69 Å². The summed E-state index contributed by atoms with van der Waals surface area (Å²) in [6.07, 6.45) is 6.47. The quantitative estimate of drug-likeness (QED) is 0.397. The Hall–Kier alpha value is -2.93. The van der Waals surface area contributed by atoms with E-state index in [0.717, 1.165) is 81.9 Å². The first kappa shape index (κ1) is 23.2. The fourth-order valence-electron chi connectivity index (χ4n) is 5.01. The van der Waals surface area contributed by atoms with Crippen LogP contribution in [0, 0.1) is 11.8 Å². The van der Waals surface area contributed by atoms with E-state index in [4.69, 9.17) is 10.6 Å². The number of aromatic nitrogens is 1. The molecule has 2 aromatic rings. The molecule has 7 nitrogen and oxygen atoms in total. The molecule has 2 aliphatic rings. The molecule has 33 heavy (non-hydrogen) atoms. The Labute approximate surface area is 196 Å². The van der Waals surface area contributed by atoms with Crippen molar-refractivity contribution in [2.24, 2.45) is 17.0 Å². The largest absolute Gasteiger partial charge is 0.399 e. The second-order valence-electron chi connectivity index (χ2n) is 9.20. The molecule has 0 radical (unpaired) electrons.